The van der Waals surface area contributed by atoms with E-state index < -0.39 is 29.1 Å². The molecule has 1 aromatic heterocycles. The van der Waals surface area contributed by atoms with E-state index in [0.717, 1.165) is 6.20 Å². The molecule has 7 nitrogen and oxygen atoms in total. The van der Waals surface area contributed by atoms with Crippen molar-refractivity contribution in [3.63, 3.8) is 0 Å². The fraction of sp³-hybridized carbons (Fsp3) is 0.158. The van der Waals surface area contributed by atoms with Gasteiger partial charge in [-0.15, -0.1) is 0 Å². The van der Waals surface area contributed by atoms with Crippen LogP contribution in [0.3, 0.4) is 0 Å². The third kappa shape index (κ3) is 5.96. The van der Waals surface area contributed by atoms with Gasteiger partial charge in [0.2, 0.25) is 5.88 Å². The van der Waals surface area contributed by atoms with Gasteiger partial charge in [0.05, 0.1) is 12.2 Å². The minimum absolute atomic E-state index is 0.00399. The van der Waals surface area contributed by atoms with Crippen LogP contribution in [0.5, 0.6) is 11.6 Å². The summed E-state index contributed by atoms with van der Waals surface area (Å²) >= 11 is 5.79. The average molecular weight is 440 g/mol. The third-order valence-electron chi connectivity index (χ3n) is 3.41. The van der Waals surface area contributed by atoms with Gasteiger partial charge in [-0.3, -0.25) is 4.79 Å². The van der Waals surface area contributed by atoms with Gasteiger partial charge in [-0.2, -0.15) is 18.4 Å². The van der Waals surface area contributed by atoms with Crippen molar-refractivity contribution in [2.45, 2.75) is 13.1 Å². The summed E-state index contributed by atoms with van der Waals surface area (Å²) in [6.45, 7) is 1.52. The summed E-state index contributed by atoms with van der Waals surface area (Å²) in [5.74, 6) is -2.22. The van der Waals surface area contributed by atoms with Crippen LogP contribution >= 0.6 is 11.6 Å². The molecule has 1 heterocycles. The molecule has 0 atom stereocenters. The lowest BCUT2D eigenvalue weighted by Gasteiger charge is -2.10. The van der Waals surface area contributed by atoms with Crippen LogP contribution in [0.4, 0.5) is 18.9 Å². The molecule has 0 bridgehead atoms. The van der Waals surface area contributed by atoms with E-state index in [1.165, 1.54) is 31.2 Å². The van der Waals surface area contributed by atoms with Crippen molar-refractivity contribution in [1.29, 1.82) is 5.26 Å². The fourth-order valence-corrected chi connectivity index (χ4v) is 2.20. The lowest BCUT2D eigenvalue weighted by Crippen LogP contribution is -2.19. The van der Waals surface area contributed by atoms with E-state index in [0.29, 0.717) is 18.0 Å². The van der Waals surface area contributed by atoms with Gasteiger partial charge in [-0.25, -0.2) is 9.78 Å². The second-order valence-electron chi connectivity index (χ2n) is 5.50. The van der Waals surface area contributed by atoms with Crippen molar-refractivity contribution < 1.29 is 32.2 Å². The molecule has 0 fully saturated rings. The summed E-state index contributed by atoms with van der Waals surface area (Å²) in [5.41, 5.74) is -1.02. The minimum atomic E-state index is -4.58. The standard InChI is InChI=1S/C19H13ClF3N3O4/c1-2-29-18(28)16(27)11(8-24)9-25-13-3-5-14(6-4-13)30-17-15(20)7-12(10-26-17)19(21,22)23/h3-7,9-10,25H,2H2,1H3/b11-9+. The van der Waals surface area contributed by atoms with Crippen LogP contribution in [0.2, 0.25) is 5.02 Å². The Hall–Kier alpha value is -3.58. The van der Waals surface area contributed by atoms with E-state index in [2.05, 4.69) is 15.0 Å². The first-order valence-electron chi connectivity index (χ1n) is 8.24. The molecule has 0 unspecified atom stereocenters. The van der Waals surface area contributed by atoms with Crippen LogP contribution < -0.4 is 10.1 Å². The number of nitrogens with one attached hydrogen (secondary N) is 1. The number of hydrogen-bond acceptors (Lipinski definition) is 7. The molecule has 30 heavy (non-hydrogen) atoms. The molecule has 156 valence electrons. The highest BCUT2D eigenvalue weighted by Gasteiger charge is 2.31. The Morgan fingerprint density at radius 3 is 2.50 bits per heavy atom. The molecule has 0 radical (unpaired) electrons. The van der Waals surface area contributed by atoms with E-state index in [1.807, 2.05) is 0 Å². The Balaban J connectivity index is 2.07. The van der Waals surface area contributed by atoms with Crippen LogP contribution in [0.25, 0.3) is 0 Å². The number of halogens is 4. The minimum Gasteiger partial charge on any atom is -0.460 e. The first kappa shape index (κ1) is 22.7. The average Bonchev–Trinajstić information content (AvgIpc) is 2.70. The van der Waals surface area contributed by atoms with E-state index in [1.54, 1.807) is 6.07 Å². The topological polar surface area (TPSA) is 101 Å². The number of hydrogen-bond donors (Lipinski definition) is 1. The van der Waals surface area contributed by atoms with Gasteiger partial charge in [0.1, 0.15) is 22.4 Å². The monoisotopic (exact) mass is 439 g/mol. The maximum Gasteiger partial charge on any atom is 0.417 e. The molecule has 0 spiro atoms. The predicted molar refractivity (Wildman–Crippen MR) is 99.7 cm³/mol. The van der Waals surface area contributed by atoms with Gasteiger partial charge in [-0.05, 0) is 37.3 Å². The fourth-order valence-electron chi connectivity index (χ4n) is 2.00. The third-order valence-corrected chi connectivity index (χ3v) is 3.68. The van der Waals surface area contributed by atoms with E-state index in [-0.39, 0.29) is 23.3 Å². The van der Waals surface area contributed by atoms with Gasteiger partial charge < -0.3 is 14.8 Å². The first-order valence-corrected chi connectivity index (χ1v) is 8.62. The number of nitriles is 1. The highest BCUT2D eigenvalue weighted by Crippen LogP contribution is 2.34. The molecular formula is C19H13ClF3N3O4. The molecule has 0 amide bonds. The predicted octanol–water partition coefficient (Wildman–Crippen LogP) is 4.50. The Bertz CT molecular complexity index is 1020. The molecule has 1 aromatic carbocycles. The lowest BCUT2D eigenvalue weighted by atomic mass is 10.2. The summed E-state index contributed by atoms with van der Waals surface area (Å²) in [6, 6.07) is 8.19. The quantitative estimate of drug-likeness (QED) is 0.293. The Kier molecular flexibility index (Phi) is 7.38. The molecule has 1 N–H and O–H groups in total. The van der Waals surface area contributed by atoms with Crippen LogP contribution in [0, 0.1) is 11.3 Å². The van der Waals surface area contributed by atoms with Crippen LogP contribution in [-0.2, 0) is 20.5 Å². The van der Waals surface area contributed by atoms with Gasteiger partial charge >= 0.3 is 12.1 Å². The summed E-state index contributed by atoms with van der Waals surface area (Å²) in [7, 11) is 0. The molecule has 0 aliphatic heterocycles. The number of rotatable bonds is 7. The number of benzene rings is 1. The molecular weight excluding hydrogens is 427 g/mol. The van der Waals surface area contributed by atoms with Crippen molar-refractivity contribution in [1.82, 2.24) is 4.98 Å². The zero-order valence-electron chi connectivity index (χ0n) is 15.3. The zero-order chi connectivity index (χ0) is 22.3. The van der Waals surface area contributed by atoms with Crippen LogP contribution in [-0.4, -0.2) is 23.3 Å². The maximum atomic E-state index is 12.6. The van der Waals surface area contributed by atoms with E-state index >= 15 is 0 Å². The summed E-state index contributed by atoms with van der Waals surface area (Å²) < 4.78 is 47.8. The number of alkyl halides is 3. The number of esters is 1. The van der Waals surface area contributed by atoms with Crippen molar-refractivity contribution in [2.75, 3.05) is 11.9 Å². The molecule has 0 aliphatic rings. The molecule has 2 aromatic rings. The lowest BCUT2D eigenvalue weighted by molar-refractivity contribution is -0.151. The summed E-state index contributed by atoms with van der Waals surface area (Å²) in [4.78, 5) is 26.7. The molecule has 0 saturated heterocycles. The number of ketones is 1. The van der Waals surface area contributed by atoms with Crippen LogP contribution in [0.1, 0.15) is 12.5 Å². The Morgan fingerprint density at radius 1 is 1.30 bits per heavy atom. The Morgan fingerprint density at radius 2 is 1.97 bits per heavy atom. The first-order chi connectivity index (χ1) is 14.2. The van der Waals surface area contributed by atoms with Gasteiger partial charge in [-0.1, -0.05) is 11.6 Å². The second-order valence-corrected chi connectivity index (χ2v) is 5.91. The number of carbonyl (C=O) groups is 2. The van der Waals surface area contributed by atoms with Crippen molar-refractivity contribution in [3.05, 3.63) is 58.9 Å². The SMILES string of the molecule is CCOC(=O)C(=O)/C(C#N)=C/Nc1ccc(Oc2ncc(C(F)(F)F)cc2Cl)cc1. The van der Waals surface area contributed by atoms with Gasteiger partial charge in [0.25, 0.3) is 5.78 Å². The molecule has 0 saturated carbocycles. The Labute approximate surface area is 173 Å². The normalized spacial score (nSPS) is 11.4. The van der Waals surface area contributed by atoms with Gasteiger partial charge in [0, 0.05) is 18.1 Å². The van der Waals surface area contributed by atoms with Crippen molar-refractivity contribution in [3.8, 4) is 17.7 Å². The molecule has 0 aliphatic carbocycles. The number of carbonyl (C=O) groups excluding carboxylic acids is 2. The van der Waals surface area contributed by atoms with Crippen molar-refractivity contribution in [2.24, 2.45) is 0 Å². The maximum absolute atomic E-state index is 12.6. The highest BCUT2D eigenvalue weighted by molar-refractivity contribution is 6.41. The summed E-state index contributed by atoms with van der Waals surface area (Å²) in [6.07, 6.45) is -2.93. The largest absolute Gasteiger partial charge is 0.460 e. The smallest absolute Gasteiger partial charge is 0.417 e. The van der Waals surface area contributed by atoms with Crippen LogP contribution in [0.15, 0.2) is 48.3 Å². The molecule has 2 rings (SSSR count). The summed E-state index contributed by atoms with van der Waals surface area (Å²) in [5, 5.41) is 11.3. The van der Waals surface area contributed by atoms with E-state index in [4.69, 9.17) is 21.6 Å². The number of anilines is 1. The van der Waals surface area contributed by atoms with Crippen molar-refractivity contribution >= 4 is 29.0 Å². The molecule has 11 heteroatoms. The second kappa shape index (κ2) is 9.76. The number of ether oxygens (including phenoxy) is 2. The number of Topliss-reactive ketones (excluding diaryl/α,β-unsaturated/α-hetero) is 1. The number of aromatic nitrogens is 1. The number of pyridine rings is 1. The zero-order valence-corrected chi connectivity index (χ0v) is 16.0. The number of nitrogens with zero attached hydrogens (tertiary/aromatic N) is 2. The highest BCUT2D eigenvalue weighted by atomic mass is 35.5. The van der Waals surface area contributed by atoms with Gasteiger partial charge in [0.15, 0.2) is 0 Å². The van der Waals surface area contributed by atoms with E-state index in [9.17, 15) is 22.8 Å².